The Labute approximate surface area is 198 Å². The van der Waals surface area contributed by atoms with Gasteiger partial charge in [-0.3, -0.25) is 4.79 Å². The maximum absolute atomic E-state index is 13.2. The molecule has 0 spiro atoms. The van der Waals surface area contributed by atoms with Crippen molar-refractivity contribution < 1.29 is 4.79 Å². The number of hydrogen-bond donors (Lipinski definition) is 0. The van der Waals surface area contributed by atoms with Crippen LogP contribution in [0.15, 0.2) is 42.7 Å². The normalized spacial score (nSPS) is 17.5. The van der Waals surface area contributed by atoms with Crippen LogP contribution in [-0.2, 0) is 0 Å². The van der Waals surface area contributed by atoms with E-state index in [9.17, 15) is 4.79 Å². The van der Waals surface area contributed by atoms with Crippen LogP contribution >= 0.6 is 11.3 Å². The highest BCUT2D eigenvalue weighted by molar-refractivity contribution is 7.17. The van der Waals surface area contributed by atoms with Gasteiger partial charge < -0.3 is 19.6 Å². The maximum atomic E-state index is 13.2. The second-order valence-corrected chi connectivity index (χ2v) is 9.60. The second-order valence-electron chi connectivity index (χ2n) is 8.60. The number of hydrogen-bond acceptors (Lipinski definition) is 8. The van der Waals surface area contributed by atoms with Crippen LogP contribution in [0.4, 0.5) is 11.6 Å². The van der Waals surface area contributed by atoms with E-state index in [1.54, 1.807) is 6.33 Å². The van der Waals surface area contributed by atoms with E-state index >= 15 is 0 Å². The fourth-order valence-electron chi connectivity index (χ4n) is 4.30. The first-order valence-electron chi connectivity index (χ1n) is 11.4. The Balaban J connectivity index is 1.23. The quantitative estimate of drug-likeness (QED) is 0.589. The molecule has 172 valence electrons. The van der Waals surface area contributed by atoms with Gasteiger partial charge in [0.05, 0.1) is 5.69 Å². The molecule has 0 saturated carbocycles. The van der Waals surface area contributed by atoms with E-state index in [-0.39, 0.29) is 5.91 Å². The molecule has 0 radical (unpaired) electrons. The molecule has 5 rings (SSSR count). The highest BCUT2D eigenvalue weighted by atomic mass is 32.1. The lowest BCUT2D eigenvalue weighted by molar-refractivity contribution is 0.0750. The smallest absolute Gasteiger partial charge is 0.265 e. The van der Waals surface area contributed by atoms with Gasteiger partial charge in [-0.25, -0.2) is 15.0 Å². The van der Waals surface area contributed by atoms with Gasteiger partial charge in [0.15, 0.2) is 0 Å². The van der Waals surface area contributed by atoms with Crippen LogP contribution in [0, 0.1) is 6.92 Å². The minimum atomic E-state index is 0.0765. The van der Waals surface area contributed by atoms with E-state index in [4.69, 9.17) is 0 Å². The summed E-state index contributed by atoms with van der Waals surface area (Å²) in [4.78, 5) is 36.5. The van der Waals surface area contributed by atoms with E-state index in [0.717, 1.165) is 72.0 Å². The molecular weight excluding hydrogens is 434 g/mol. The van der Waals surface area contributed by atoms with Crippen LogP contribution in [0.2, 0.25) is 0 Å². The van der Waals surface area contributed by atoms with Gasteiger partial charge in [-0.15, -0.1) is 11.3 Å². The minimum Gasteiger partial charge on any atom is -0.354 e. The molecule has 3 aromatic rings. The predicted octanol–water partition coefficient (Wildman–Crippen LogP) is 2.62. The number of thiazole rings is 1. The number of anilines is 2. The van der Waals surface area contributed by atoms with Crippen molar-refractivity contribution in [2.75, 3.05) is 69.2 Å². The number of aryl methyl sites for hydroxylation is 1. The highest BCUT2D eigenvalue weighted by Gasteiger charge is 2.27. The summed E-state index contributed by atoms with van der Waals surface area (Å²) in [5.74, 6) is 2.00. The summed E-state index contributed by atoms with van der Waals surface area (Å²) >= 11 is 1.48. The standard InChI is InChI=1S/C24H29N7OS/c1-18-22(33-23(27-18)19-6-4-3-5-7-19)24(32)31-14-12-30(13-15-31)21-16-20(25-17-26-21)29-10-8-28(2)9-11-29/h3-7,16-17H,8-15H2,1-2H3. The number of rotatable bonds is 4. The number of carbonyl (C=O) groups excluding carboxylic acids is 1. The number of aromatic nitrogens is 3. The van der Waals surface area contributed by atoms with Crippen LogP contribution in [-0.4, -0.2) is 90.1 Å². The molecule has 8 nitrogen and oxygen atoms in total. The van der Waals surface area contributed by atoms with Gasteiger partial charge in [-0.2, -0.15) is 0 Å². The number of benzene rings is 1. The van der Waals surface area contributed by atoms with Crippen LogP contribution < -0.4 is 9.80 Å². The lowest BCUT2D eigenvalue weighted by Gasteiger charge is -2.36. The van der Waals surface area contributed by atoms with Gasteiger partial charge in [-0.05, 0) is 14.0 Å². The topological polar surface area (TPSA) is 68.7 Å². The molecule has 0 aliphatic carbocycles. The first-order valence-corrected chi connectivity index (χ1v) is 12.2. The lowest BCUT2D eigenvalue weighted by atomic mass is 10.2. The minimum absolute atomic E-state index is 0.0765. The van der Waals surface area contributed by atoms with Gasteiger partial charge in [0, 0.05) is 64.0 Å². The third kappa shape index (κ3) is 4.69. The Hall–Kier alpha value is -3.04. The van der Waals surface area contributed by atoms with Gasteiger partial charge in [-0.1, -0.05) is 30.3 Å². The first kappa shape index (κ1) is 21.8. The second kappa shape index (κ2) is 9.44. The third-order valence-electron chi connectivity index (χ3n) is 6.37. The third-order valence-corrected chi connectivity index (χ3v) is 7.56. The zero-order valence-corrected chi connectivity index (χ0v) is 20.0. The number of nitrogens with zero attached hydrogens (tertiary/aromatic N) is 7. The Morgan fingerprint density at radius 3 is 2.12 bits per heavy atom. The molecule has 33 heavy (non-hydrogen) atoms. The van der Waals surface area contributed by atoms with Crippen molar-refractivity contribution in [1.29, 1.82) is 0 Å². The summed E-state index contributed by atoms with van der Waals surface area (Å²) in [6.45, 7) is 8.83. The van der Waals surface area contributed by atoms with E-state index in [0.29, 0.717) is 13.1 Å². The van der Waals surface area contributed by atoms with Crippen LogP contribution in [0.3, 0.4) is 0 Å². The molecule has 0 N–H and O–H groups in total. The van der Waals surface area contributed by atoms with Crippen LogP contribution in [0.1, 0.15) is 15.4 Å². The van der Waals surface area contributed by atoms with Gasteiger partial charge >= 0.3 is 0 Å². The molecule has 2 aromatic heterocycles. The van der Waals surface area contributed by atoms with Crippen LogP contribution in [0.25, 0.3) is 10.6 Å². The van der Waals surface area contributed by atoms with Crippen molar-refractivity contribution in [2.24, 2.45) is 0 Å². The van der Waals surface area contributed by atoms with Crippen molar-refractivity contribution in [3.8, 4) is 10.6 Å². The fraction of sp³-hybridized carbons (Fsp3) is 0.417. The fourth-order valence-corrected chi connectivity index (χ4v) is 5.34. The van der Waals surface area contributed by atoms with Crippen molar-refractivity contribution in [1.82, 2.24) is 24.8 Å². The van der Waals surface area contributed by atoms with E-state index in [2.05, 4.69) is 42.8 Å². The summed E-state index contributed by atoms with van der Waals surface area (Å²) in [6, 6.07) is 12.1. The predicted molar refractivity (Wildman–Crippen MR) is 132 cm³/mol. The number of likely N-dealkylation sites (N-methyl/N-ethyl adjacent to an activating group) is 1. The van der Waals surface area contributed by atoms with Gasteiger partial charge in [0.25, 0.3) is 5.91 Å². The molecule has 0 atom stereocenters. The molecule has 2 saturated heterocycles. The summed E-state index contributed by atoms with van der Waals surface area (Å²) in [6.07, 6.45) is 1.66. The average Bonchev–Trinajstić information content (AvgIpc) is 3.26. The van der Waals surface area contributed by atoms with Crippen molar-refractivity contribution in [3.05, 3.63) is 53.3 Å². The molecule has 1 aromatic carbocycles. The number of piperazine rings is 2. The molecule has 2 aliphatic rings. The Morgan fingerprint density at radius 2 is 1.48 bits per heavy atom. The zero-order valence-electron chi connectivity index (χ0n) is 19.1. The molecule has 2 fully saturated rings. The summed E-state index contributed by atoms with van der Waals surface area (Å²) in [7, 11) is 2.15. The van der Waals surface area contributed by atoms with Crippen molar-refractivity contribution in [3.63, 3.8) is 0 Å². The lowest BCUT2D eigenvalue weighted by Crippen LogP contribution is -2.49. The number of amides is 1. The van der Waals surface area contributed by atoms with Crippen molar-refractivity contribution >= 4 is 28.9 Å². The summed E-state index contributed by atoms with van der Waals surface area (Å²) < 4.78 is 0. The van der Waals surface area contributed by atoms with Crippen molar-refractivity contribution in [2.45, 2.75) is 6.92 Å². The Bertz CT molecular complexity index is 1100. The molecule has 4 heterocycles. The Morgan fingerprint density at radius 1 is 0.879 bits per heavy atom. The first-order chi connectivity index (χ1) is 16.1. The highest BCUT2D eigenvalue weighted by Crippen LogP contribution is 2.29. The monoisotopic (exact) mass is 463 g/mol. The van der Waals surface area contributed by atoms with E-state index in [1.165, 1.54) is 11.3 Å². The molecule has 0 bridgehead atoms. The van der Waals surface area contributed by atoms with Crippen LogP contribution in [0.5, 0.6) is 0 Å². The molecular formula is C24H29N7OS. The maximum Gasteiger partial charge on any atom is 0.265 e. The molecule has 0 unspecified atom stereocenters. The molecule has 2 aliphatic heterocycles. The summed E-state index contributed by atoms with van der Waals surface area (Å²) in [5.41, 5.74) is 1.85. The van der Waals surface area contributed by atoms with E-state index < -0.39 is 0 Å². The molecule has 1 amide bonds. The van der Waals surface area contributed by atoms with Gasteiger partial charge in [0.1, 0.15) is 27.8 Å². The largest absolute Gasteiger partial charge is 0.354 e. The molecule has 9 heteroatoms. The zero-order chi connectivity index (χ0) is 22.8. The Kier molecular flexibility index (Phi) is 6.24. The SMILES string of the molecule is Cc1nc(-c2ccccc2)sc1C(=O)N1CCN(c2cc(N3CCN(C)CC3)ncn2)CC1. The average molecular weight is 464 g/mol. The number of carbonyl (C=O) groups is 1. The van der Waals surface area contributed by atoms with E-state index in [1.807, 2.05) is 42.2 Å². The van der Waals surface area contributed by atoms with Gasteiger partial charge in [0.2, 0.25) is 0 Å². The summed E-state index contributed by atoms with van der Waals surface area (Å²) in [5, 5.41) is 0.896.